The van der Waals surface area contributed by atoms with Crippen molar-refractivity contribution < 1.29 is 39.3 Å². The van der Waals surface area contributed by atoms with Crippen molar-refractivity contribution in [3.8, 4) is 5.75 Å². The Balaban J connectivity index is 3.00. The van der Waals surface area contributed by atoms with Crippen molar-refractivity contribution in [2.24, 2.45) is 17.6 Å². The number of aliphatic carboxylic acids is 2. The van der Waals surface area contributed by atoms with E-state index in [9.17, 15) is 34.2 Å². The van der Waals surface area contributed by atoms with E-state index < -0.39 is 53.8 Å². The second-order valence-electron chi connectivity index (χ2n) is 10.2. The molecule has 1 aromatic rings. The lowest BCUT2D eigenvalue weighted by molar-refractivity contribution is -0.142. The van der Waals surface area contributed by atoms with Crippen LogP contribution in [-0.4, -0.2) is 69.1 Å². The van der Waals surface area contributed by atoms with Crippen molar-refractivity contribution in [3.63, 3.8) is 0 Å². The molecule has 0 aromatic heterocycles. The molecule has 1 rings (SSSR count). The number of rotatable bonds is 16. The van der Waals surface area contributed by atoms with Crippen LogP contribution in [0.2, 0.25) is 0 Å². The van der Waals surface area contributed by atoms with Crippen LogP contribution in [0.3, 0.4) is 0 Å². The fourth-order valence-electron chi connectivity index (χ4n) is 3.71. The summed E-state index contributed by atoms with van der Waals surface area (Å²) in [4.78, 5) is 61.4. The molecule has 0 spiro atoms. The van der Waals surface area contributed by atoms with E-state index in [2.05, 4.69) is 16.0 Å². The molecule has 0 aliphatic rings. The van der Waals surface area contributed by atoms with E-state index in [0.717, 1.165) is 0 Å². The molecular weight excluding hydrogens is 496 g/mol. The minimum absolute atomic E-state index is 0.0135. The summed E-state index contributed by atoms with van der Waals surface area (Å²) < 4.78 is 0. The van der Waals surface area contributed by atoms with Crippen LogP contribution in [0.15, 0.2) is 24.3 Å². The van der Waals surface area contributed by atoms with Gasteiger partial charge in [0.2, 0.25) is 17.7 Å². The Hall–Kier alpha value is -3.67. The summed E-state index contributed by atoms with van der Waals surface area (Å²) in [6.45, 7) is 7.37. The largest absolute Gasteiger partial charge is 0.508 e. The smallest absolute Gasteiger partial charge is 0.326 e. The summed E-state index contributed by atoms with van der Waals surface area (Å²) >= 11 is 0. The SMILES string of the molecule is CC(C)CC(NC(=O)C(N)CCC(=O)O)C(=O)NC(CC(C)C)C(=O)NC(Cc1ccc(O)cc1)C(=O)O. The van der Waals surface area contributed by atoms with Gasteiger partial charge in [-0.05, 0) is 48.8 Å². The molecule has 12 nitrogen and oxygen atoms in total. The maximum atomic E-state index is 13.2. The van der Waals surface area contributed by atoms with Crippen LogP contribution in [0.25, 0.3) is 0 Å². The van der Waals surface area contributed by atoms with Crippen LogP contribution >= 0.6 is 0 Å². The Morgan fingerprint density at radius 3 is 1.63 bits per heavy atom. The van der Waals surface area contributed by atoms with Gasteiger partial charge in [0.15, 0.2) is 0 Å². The summed E-state index contributed by atoms with van der Waals surface area (Å²) in [5.41, 5.74) is 6.36. The average molecular weight is 537 g/mol. The van der Waals surface area contributed by atoms with Gasteiger partial charge < -0.3 is 37.0 Å². The van der Waals surface area contributed by atoms with Gasteiger partial charge in [-0.3, -0.25) is 19.2 Å². The Kier molecular flexibility index (Phi) is 13.2. The number of aromatic hydroxyl groups is 1. The molecule has 4 unspecified atom stereocenters. The summed E-state index contributed by atoms with van der Waals surface area (Å²) in [7, 11) is 0. The molecule has 0 saturated heterocycles. The highest BCUT2D eigenvalue weighted by atomic mass is 16.4. The maximum Gasteiger partial charge on any atom is 0.326 e. The molecule has 0 aliphatic heterocycles. The van der Waals surface area contributed by atoms with Gasteiger partial charge in [-0.25, -0.2) is 4.79 Å². The number of carboxylic acids is 2. The second kappa shape index (κ2) is 15.6. The van der Waals surface area contributed by atoms with Crippen LogP contribution < -0.4 is 21.7 Å². The fraction of sp³-hybridized carbons (Fsp3) is 0.577. The molecule has 0 radical (unpaired) electrons. The third-order valence-electron chi connectivity index (χ3n) is 5.68. The van der Waals surface area contributed by atoms with Crippen LogP contribution in [0.1, 0.15) is 58.9 Å². The van der Waals surface area contributed by atoms with Gasteiger partial charge in [0, 0.05) is 12.8 Å². The molecule has 0 heterocycles. The van der Waals surface area contributed by atoms with Crippen LogP contribution in [-0.2, 0) is 30.4 Å². The van der Waals surface area contributed by atoms with Crippen LogP contribution in [0, 0.1) is 11.8 Å². The second-order valence-corrected chi connectivity index (χ2v) is 10.2. The zero-order valence-electron chi connectivity index (χ0n) is 22.3. The fourth-order valence-corrected chi connectivity index (χ4v) is 3.71. The van der Waals surface area contributed by atoms with E-state index in [4.69, 9.17) is 10.8 Å². The molecule has 0 fully saturated rings. The van der Waals surface area contributed by atoms with Gasteiger partial charge in [0.05, 0.1) is 6.04 Å². The van der Waals surface area contributed by atoms with Crippen LogP contribution in [0.4, 0.5) is 0 Å². The number of phenols is 1. The number of carbonyl (C=O) groups is 5. The number of phenolic OH excluding ortho intramolecular Hbond substituents is 1. The lowest BCUT2D eigenvalue weighted by atomic mass is 9.99. The quantitative estimate of drug-likeness (QED) is 0.159. The highest BCUT2D eigenvalue weighted by Gasteiger charge is 2.31. The minimum Gasteiger partial charge on any atom is -0.508 e. The first-order valence-corrected chi connectivity index (χ1v) is 12.6. The van der Waals surface area contributed by atoms with Crippen molar-refractivity contribution >= 4 is 29.7 Å². The number of amides is 3. The number of hydrogen-bond acceptors (Lipinski definition) is 7. The molecule has 38 heavy (non-hydrogen) atoms. The van der Waals surface area contributed by atoms with Gasteiger partial charge in [-0.15, -0.1) is 0 Å². The van der Waals surface area contributed by atoms with E-state index in [1.165, 1.54) is 12.1 Å². The maximum absolute atomic E-state index is 13.2. The van der Waals surface area contributed by atoms with Crippen molar-refractivity contribution in [1.29, 1.82) is 0 Å². The van der Waals surface area contributed by atoms with E-state index in [1.54, 1.807) is 12.1 Å². The predicted molar refractivity (Wildman–Crippen MR) is 139 cm³/mol. The monoisotopic (exact) mass is 536 g/mol. The van der Waals surface area contributed by atoms with Gasteiger partial charge in [0.25, 0.3) is 0 Å². The van der Waals surface area contributed by atoms with Crippen LogP contribution in [0.5, 0.6) is 5.75 Å². The first-order chi connectivity index (χ1) is 17.7. The molecule has 0 bridgehead atoms. The van der Waals surface area contributed by atoms with Gasteiger partial charge in [0.1, 0.15) is 23.9 Å². The molecule has 12 heteroatoms. The number of carboxylic acid groups (broad SMARTS) is 2. The van der Waals surface area contributed by atoms with E-state index in [1.807, 2.05) is 27.7 Å². The normalized spacial score (nSPS) is 14.3. The van der Waals surface area contributed by atoms with Crippen molar-refractivity contribution in [2.75, 3.05) is 0 Å². The van der Waals surface area contributed by atoms with Crippen molar-refractivity contribution in [1.82, 2.24) is 16.0 Å². The van der Waals surface area contributed by atoms with Gasteiger partial charge >= 0.3 is 11.9 Å². The lowest BCUT2D eigenvalue weighted by Gasteiger charge is -2.27. The summed E-state index contributed by atoms with van der Waals surface area (Å²) in [5.74, 6) is -4.39. The van der Waals surface area contributed by atoms with Gasteiger partial charge in [-0.1, -0.05) is 39.8 Å². The molecular formula is C26H40N4O8. The molecule has 1 aromatic carbocycles. The molecule has 212 valence electrons. The molecule has 4 atom stereocenters. The number of nitrogens with two attached hydrogens (primary N) is 1. The molecule has 3 amide bonds. The zero-order valence-corrected chi connectivity index (χ0v) is 22.3. The highest BCUT2D eigenvalue weighted by molar-refractivity contribution is 5.94. The third kappa shape index (κ3) is 12.0. The number of nitrogens with one attached hydrogen (secondary N) is 3. The van der Waals surface area contributed by atoms with E-state index in [0.29, 0.717) is 5.56 Å². The zero-order chi connectivity index (χ0) is 29.0. The summed E-state index contributed by atoms with van der Waals surface area (Å²) in [5, 5.41) is 35.6. The summed E-state index contributed by atoms with van der Waals surface area (Å²) in [6, 6.07) is 1.40. The molecule has 0 aliphatic carbocycles. The first kappa shape index (κ1) is 32.4. The minimum atomic E-state index is -1.28. The lowest BCUT2D eigenvalue weighted by Crippen LogP contribution is -2.57. The topological polar surface area (TPSA) is 208 Å². The van der Waals surface area contributed by atoms with E-state index in [-0.39, 0.29) is 49.7 Å². The number of hydrogen-bond donors (Lipinski definition) is 7. The third-order valence-corrected chi connectivity index (χ3v) is 5.68. The average Bonchev–Trinajstić information content (AvgIpc) is 2.81. The Bertz CT molecular complexity index is 964. The Morgan fingerprint density at radius 2 is 1.21 bits per heavy atom. The Labute approximate surface area is 222 Å². The van der Waals surface area contributed by atoms with E-state index >= 15 is 0 Å². The Morgan fingerprint density at radius 1 is 0.763 bits per heavy atom. The first-order valence-electron chi connectivity index (χ1n) is 12.6. The standard InChI is InChI=1S/C26H40N4O8/c1-14(2)11-19(28-23(34)18(27)9-10-22(32)33)24(35)29-20(12-15(3)4)25(36)30-21(26(37)38)13-16-5-7-17(31)8-6-16/h5-8,14-15,18-21,31H,9-13,27H2,1-4H3,(H,28,34)(H,29,35)(H,30,36)(H,32,33)(H,37,38). The number of benzene rings is 1. The summed E-state index contributed by atoms with van der Waals surface area (Å²) in [6.07, 6.45) is -0.000274. The highest BCUT2D eigenvalue weighted by Crippen LogP contribution is 2.13. The number of carbonyl (C=O) groups excluding carboxylic acids is 3. The van der Waals surface area contributed by atoms with Crippen molar-refractivity contribution in [3.05, 3.63) is 29.8 Å². The van der Waals surface area contributed by atoms with Gasteiger partial charge in [-0.2, -0.15) is 0 Å². The molecule has 8 N–H and O–H groups in total. The van der Waals surface area contributed by atoms with Crippen molar-refractivity contribution in [2.45, 2.75) is 84.0 Å². The molecule has 0 saturated carbocycles. The predicted octanol–water partition coefficient (Wildman–Crippen LogP) is 0.758.